The van der Waals surface area contributed by atoms with Crippen LogP contribution in [0.25, 0.3) is 0 Å². The van der Waals surface area contributed by atoms with Crippen LogP contribution in [0.3, 0.4) is 0 Å². The molecule has 2 aromatic rings. The topological polar surface area (TPSA) is 72.8 Å². The molecule has 0 aliphatic heterocycles. The Morgan fingerprint density at radius 3 is 2.00 bits per heavy atom. The van der Waals surface area contributed by atoms with E-state index in [9.17, 15) is 13.5 Å². The van der Waals surface area contributed by atoms with E-state index in [-0.39, 0.29) is 22.3 Å². The first kappa shape index (κ1) is 15.3. The van der Waals surface area contributed by atoms with Crippen LogP contribution in [-0.2, 0) is 14.6 Å². The Hall–Kier alpha value is -2.05. The highest BCUT2D eigenvalue weighted by atomic mass is 32.2. The lowest BCUT2D eigenvalue weighted by Crippen LogP contribution is -2.04. The summed E-state index contributed by atoms with van der Waals surface area (Å²) in [5, 5.41) is 9.21. The number of sulfone groups is 1. The summed E-state index contributed by atoms with van der Waals surface area (Å²) in [6.45, 7) is 2.53. The fourth-order valence-corrected chi connectivity index (χ4v) is 2.93. The summed E-state index contributed by atoms with van der Waals surface area (Å²) in [5.41, 5.74) is 0. The van der Waals surface area contributed by atoms with Gasteiger partial charge < -0.3 is 14.6 Å². The predicted octanol–water partition coefficient (Wildman–Crippen LogP) is 2.60. The molecule has 5 nitrogen and oxygen atoms in total. The van der Waals surface area contributed by atoms with E-state index in [2.05, 4.69) is 0 Å². The van der Waals surface area contributed by atoms with E-state index in [4.69, 9.17) is 9.47 Å². The van der Waals surface area contributed by atoms with Crippen LogP contribution in [0.4, 0.5) is 0 Å². The molecule has 2 rings (SSSR count). The summed E-state index contributed by atoms with van der Waals surface area (Å²) in [6.07, 6.45) is 0. The quantitative estimate of drug-likeness (QED) is 0.656. The Bertz CT molecular complexity index is 675. The summed E-state index contributed by atoms with van der Waals surface area (Å²) >= 11 is 0. The highest BCUT2D eigenvalue weighted by molar-refractivity contribution is 7.91. The van der Waals surface area contributed by atoms with Crippen molar-refractivity contribution in [3.8, 4) is 11.5 Å². The molecule has 0 saturated carbocycles. The van der Waals surface area contributed by atoms with Gasteiger partial charge in [0.05, 0.1) is 9.79 Å². The van der Waals surface area contributed by atoms with Gasteiger partial charge in [-0.15, -0.1) is 0 Å². The third kappa shape index (κ3) is 3.74. The molecule has 112 valence electrons. The van der Waals surface area contributed by atoms with Crippen molar-refractivity contribution in [1.29, 1.82) is 0 Å². The highest BCUT2D eigenvalue weighted by Crippen LogP contribution is 2.24. The van der Waals surface area contributed by atoms with Gasteiger partial charge in [-0.1, -0.05) is 0 Å². The minimum Gasteiger partial charge on any atom is -0.508 e. The van der Waals surface area contributed by atoms with Crippen molar-refractivity contribution in [3.05, 3.63) is 48.5 Å². The zero-order chi connectivity index (χ0) is 15.3. The maximum Gasteiger partial charge on any atom is 0.206 e. The first-order valence-corrected chi connectivity index (χ1v) is 7.87. The Kier molecular flexibility index (Phi) is 4.82. The van der Waals surface area contributed by atoms with E-state index >= 15 is 0 Å². The Morgan fingerprint density at radius 2 is 1.48 bits per heavy atom. The van der Waals surface area contributed by atoms with Gasteiger partial charge in [0, 0.05) is 6.61 Å². The van der Waals surface area contributed by atoms with Gasteiger partial charge in [0.25, 0.3) is 0 Å². The van der Waals surface area contributed by atoms with E-state index in [1.54, 1.807) is 12.1 Å². The standard InChI is InChI=1S/C15H16O5S/c1-2-19-11-20-13-5-9-15(10-6-13)21(17,18)14-7-3-12(16)4-8-14/h3-10,16H,2,11H2,1H3. The molecule has 21 heavy (non-hydrogen) atoms. The van der Waals surface area contributed by atoms with Crippen molar-refractivity contribution in [1.82, 2.24) is 0 Å². The molecule has 0 radical (unpaired) electrons. The van der Waals surface area contributed by atoms with Crippen molar-refractivity contribution in [2.75, 3.05) is 13.4 Å². The van der Waals surface area contributed by atoms with E-state index in [0.29, 0.717) is 12.4 Å². The molecule has 0 amide bonds. The SMILES string of the molecule is CCOCOc1ccc(S(=O)(=O)c2ccc(O)cc2)cc1. The van der Waals surface area contributed by atoms with E-state index in [1.165, 1.54) is 36.4 Å². The number of hydrogen-bond acceptors (Lipinski definition) is 5. The minimum atomic E-state index is -3.60. The second-order valence-corrected chi connectivity index (χ2v) is 6.17. The van der Waals surface area contributed by atoms with Crippen LogP contribution in [0, 0.1) is 0 Å². The molecule has 6 heteroatoms. The Morgan fingerprint density at radius 1 is 0.952 bits per heavy atom. The summed E-state index contributed by atoms with van der Waals surface area (Å²) in [4.78, 5) is 0.292. The third-order valence-electron chi connectivity index (χ3n) is 2.79. The number of phenols is 1. The van der Waals surface area contributed by atoms with Crippen LogP contribution >= 0.6 is 0 Å². The molecule has 0 spiro atoms. The van der Waals surface area contributed by atoms with Crippen LogP contribution in [0.2, 0.25) is 0 Å². The third-order valence-corrected chi connectivity index (χ3v) is 4.58. The second kappa shape index (κ2) is 6.60. The van der Waals surface area contributed by atoms with Gasteiger partial charge in [0.15, 0.2) is 6.79 Å². The number of hydrogen-bond donors (Lipinski definition) is 1. The lowest BCUT2D eigenvalue weighted by molar-refractivity contribution is 0.0224. The Labute approximate surface area is 123 Å². The molecule has 0 heterocycles. The van der Waals surface area contributed by atoms with Gasteiger partial charge in [0.1, 0.15) is 11.5 Å². The summed E-state index contributed by atoms with van der Waals surface area (Å²) in [7, 11) is -3.60. The average Bonchev–Trinajstić information content (AvgIpc) is 2.48. The molecule has 0 bridgehead atoms. The van der Waals surface area contributed by atoms with E-state index in [1.807, 2.05) is 6.92 Å². The number of aromatic hydroxyl groups is 1. The summed E-state index contributed by atoms with van der Waals surface area (Å²) in [6, 6.07) is 11.5. The van der Waals surface area contributed by atoms with Crippen molar-refractivity contribution in [2.45, 2.75) is 16.7 Å². The largest absolute Gasteiger partial charge is 0.508 e. The number of rotatable bonds is 6. The van der Waals surface area contributed by atoms with Gasteiger partial charge in [-0.25, -0.2) is 8.42 Å². The number of phenolic OH excluding ortho intramolecular Hbond substituents is 1. The molecule has 0 aliphatic carbocycles. The van der Waals surface area contributed by atoms with Crippen LogP contribution in [0.1, 0.15) is 6.92 Å². The molecular formula is C15H16O5S. The Balaban J connectivity index is 2.19. The van der Waals surface area contributed by atoms with Gasteiger partial charge in [-0.2, -0.15) is 0 Å². The van der Waals surface area contributed by atoms with Gasteiger partial charge in [0.2, 0.25) is 9.84 Å². The molecular weight excluding hydrogens is 292 g/mol. The van der Waals surface area contributed by atoms with Crippen molar-refractivity contribution in [2.24, 2.45) is 0 Å². The average molecular weight is 308 g/mol. The van der Waals surface area contributed by atoms with Crippen LogP contribution in [-0.4, -0.2) is 26.9 Å². The molecule has 0 saturated heterocycles. The summed E-state index contributed by atoms with van der Waals surface area (Å²) in [5.74, 6) is 0.557. The van der Waals surface area contributed by atoms with Crippen LogP contribution in [0.15, 0.2) is 58.3 Å². The fraction of sp³-hybridized carbons (Fsp3) is 0.200. The van der Waals surface area contributed by atoms with Crippen LogP contribution < -0.4 is 4.74 Å². The normalized spacial score (nSPS) is 11.3. The van der Waals surface area contributed by atoms with E-state index < -0.39 is 9.84 Å². The number of ether oxygens (including phenoxy) is 2. The predicted molar refractivity (Wildman–Crippen MR) is 77.1 cm³/mol. The smallest absolute Gasteiger partial charge is 0.206 e. The second-order valence-electron chi connectivity index (χ2n) is 4.22. The maximum atomic E-state index is 12.4. The first-order valence-electron chi connectivity index (χ1n) is 6.39. The van der Waals surface area contributed by atoms with Crippen LogP contribution in [0.5, 0.6) is 11.5 Å². The van der Waals surface area contributed by atoms with Crippen molar-refractivity contribution in [3.63, 3.8) is 0 Å². The molecule has 0 unspecified atom stereocenters. The van der Waals surface area contributed by atoms with E-state index in [0.717, 1.165) is 0 Å². The van der Waals surface area contributed by atoms with Gasteiger partial charge >= 0.3 is 0 Å². The molecule has 1 N–H and O–H groups in total. The maximum absolute atomic E-state index is 12.4. The molecule has 0 fully saturated rings. The molecule has 0 aliphatic rings. The number of benzene rings is 2. The monoisotopic (exact) mass is 308 g/mol. The zero-order valence-corrected chi connectivity index (χ0v) is 12.3. The fourth-order valence-electron chi connectivity index (χ4n) is 1.67. The first-order chi connectivity index (χ1) is 10.0. The molecule has 0 atom stereocenters. The minimum absolute atomic E-state index is 0.0219. The lowest BCUT2D eigenvalue weighted by atomic mass is 10.3. The zero-order valence-electron chi connectivity index (χ0n) is 11.5. The molecule has 2 aromatic carbocycles. The summed E-state index contributed by atoms with van der Waals surface area (Å²) < 4.78 is 35.1. The van der Waals surface area contributed by atoms with Gasteiger partial charge in [-0.3, -0.25) is 0 Å². The van der Waals surface area contributed by atoms with Crippen molar-refractivity contribution >= 4 is 9.84 Å². The van der Waals surface area contributed by atoms with Gasteiger partial charge in [-0.05, 0) is 55.5 Å². The highest BCUT2D eigenvalue weighted by Gasteiger charge is 2.17. The van der Waals surface area contributed by atoms with Crippen molar-refractivity contribution < 1.29 is 23.0 Å². The molecule has 0 aromatic heterocycles. The lowest BCUT2D eigenvalue weighted by Gasteiger charge is -2.08.